The van der Waals surface area contributed by atoms with Crippen molar-refractivity contribution in [1.82, 2.24) is 4.98 Å². The van der Waals surface area contributed by atoms with E-state index in [0.717, 1.165) is 22.3 Å². The van der Waals surface area contributed by atoms with Crippen LogP contribution in [0.5, 0.6) is 0 Å². The molecule has 0 saturated carbocycles. The Morgan fingerprint density at radius 2 is 1.74 bits per heavy atom. The van der Waals surface area contributed by atoms with Crippen LogP contribution in [0.25, 0.3) is 10.9 Å². The number of aryl methyl sites for hydroxylation is 1. The number of nitrogens with one attached hydrogen (secondary N) is 1. The maximum absolute atomic E-state index is 9.38. The van der Waals surface area contributed by atoms with Crippen molar-refractivity contribution in [2.45, 2.75) is 12.5 Å². The molecule has 0 aliphatic heterocycles. The molecule has 0 bridgehead atoms. The fraction of sp³-hybridized carbons (Fsp3) is 0.357. The summed E-state index contributed by atoms with van der Waals surface area (Å²) in [6.07, 6.45) is 0. The van der Waals surface area contributed by atoms with E-state index < -0.39 is 5.54 Å². The molecule has 0 fully saturated rings. The Bertz CT molecular complexity index is 559. The second-order valence-corrected chi connectivity index (χ2v) is 4.71. The van der Waals surface area contributed by atoms with Crippen LogP contribution in [0.15, 0.2) is 30.3 Å². The number of aliphatic hydroxyl groups is 3. The van der Waals surface area contributed by atoms with Gasteiger partial charge in [0.15, 0.2) is 0 Å². The molecular formula is C14H18N2O3. The third-order valence-corrected chi connectivity index (χ3v) is 3.15. The van der Waals surface area contributed by atoms with Crippen molar-refractivity contribution in [3.8, 4) is 0 Å². The molecule has 1 aromatic heterocycles. The third-order valence-electron chi connectivity index (χ3n) is 3.15. The largest absolute Gasteiger partial charge is 0.394 e. The molecule has 1 aromatic carbocycles. The summed E-state index contributed by atoms with van der Waals surface area (Å²) in [5.74, 6) is 0. The Morgan fingerprint density at radius 1 is 1.11 bits per heavy atom. The molecule has 0 aliphatic rings. The molecule has 19 heavy (non-hydrogen) atoms. The Balaban J connectivity index is 2.50. The van der Waals surface area contributed by atoms with Gasteiger partial charge in [0.1, 0.15) is 5.54 Å². The summed E-state index contributed by atoms with van der Waals surface area (Å²) in [5.41, 5.74) is 1.24. The lowest BCUT2D eigenvalue weighted by molar-refractivity contribution is 0.0834. The molecule has 0 unspecified atom stereocenters. The zero-order valence-electron chi connectivity index (χ0n) is 10.8. The molecule has 4 N–H and O–H groups in total. The average molecular weight is 262 g/mol. The van der Waals surface area contributed by atoms with Crippen molar-refractivity contribution in [1.29, 1.82) is 0 Å². The van der Waals surface area contributed by atoms with Crippen LogP contribution >= 0.6 is 0 Å². The lowest BCUT2D eigenvalue weighted by atomic mass is 10.0. The van der Waals surface area contributed by atoms with E-state index in [1.54, 1.807) is 0 Å². The highest BCUT2D eigenvalue weighted by Gasteiger charge is 2.28. The highest BCUT2D eigenvalue weighted by molar-refractivity contribution is 5.91. The molecule has 0 saturated heterocycles. The predicted molar refractivity (Wildman–Crippen MR) is 74.1 cm³/mol. The SMILES string of the molecule is Cc1cc(NC(CO)(CO)CO)c2ccccc2n1. The van der Waals surface area contributed by atoms with Crippen LogP contribution in [0, 0.1) is 6.92 Å². The van der Waals surface area contributed by atoms with E-state index in [1.807, 2.05) is 37.3 Å². The minimum absolute atomic E-state index is 0.365. The Hall–Kier alpha value is -1.69. The quantitative estimate of drug-likeness (QED) is 0.636. The molecule has 0 spiro atoms. The maximum atomic E-state index is 9.38. The minimum Gasteiger partial charge on any atom is -0.394 e. The van der Waals surface area contributed by atoms with Gasteiger partial charge >= 0.3 is 0 Å². The lowest BCUT2D eigenvalue weighted by Gasteiger charge is -2.30. The highest BCUT2D eigenvalue weighted by atomic mass is 16.3. The van der Waals surface area contributed by atoms with Crippen LogP contribution in [-0.2, 0) is 0 Å². The third kappa shape index (κ3) is 2.68. The molecule has 5 nitrogen and oxygen atoms in total. The number of para-hydroxylation sites is 1. The second-order valence-electron chi connectivity index (χ2n) is 4.71. The number of hydrogen-bond acceptors (Lipinski definition) is 5. The van der Waals surface area contributed by atoms with Crippen LogP contribution in [0.3, 0.4) is 0 Å². The van der Waals surface area contributed by atoms with Crippen molar-refractivity contribution < 1.29 is 15.3 Å². The number of pyridine rings is 1. The summed E-state index contributed by atoms with van der Waals surface area (Å²) < 4.78 is 0. The van der Waals surface area contributed by atoms with Crippen LogP contribution in [-0.4, -0.2) is 45.7 Å². The summed E-state index contributed by atoms with van der Waals surface area (Å²) in [6, 6.07) is 9.42. The van der Waals surface area contributed by atoms with Gasteiger partial charge in [-0.05, 0) is 19.1 Å². The van der Waals surface area contributed by atoms with E-state index in [-0.39, 0.29) is 19.8 Å². The minimum atomic E-state index is -1.14. The number of hydrogen-bond donors (Lipinski definition) is 4. The van der Waals surface area contributed by atoms with Gasteiger partial charge in [-0.3, -0.25) is 4.98 Å². The van der Waals surface area contributed by atoms with E-state index in [9.17, 15) is 15.3 Å². The van der Waals surface area contributed by atoms with Crippen molar-refractivity contribution in [2.75, 3.05) is 25.1 Å². The topological polar surface area (TPSA) is 85.6 Å². The van der Waals surface area contributed by atoms with Gasteiger partial charge in [-0.2, -0.15) is 0 Å². The molecule has 0 atom stereocenters. The number of rotatable bonds is 5. The van der Waals surface area contributed by atoms with Crippen LogP contribution in [0.1, 0.15) is 5.69 Å². The zero-order chi connectivity index (χ0) is 13.9. The summed E-state index contributed by atoms with van der Waals surface area (Å²) in [5, 5.41) is 32.1. The van der Waals surface area contributed by atoms with Gasteiger partial charge in [-0.25, -0.2) is 0 Å². The number of benzene rings is 1. The number of nitrogens with zero attached hydrogens (tertiary/aromatic N) is 1. The van der Waals surface area contributed by atoms with Crippen molar-refractivity contribution >= 4 is 16.6 Å². The van der Waals surface area contributed by atoms with E-state index in [2.05, 4.69) is 10.3 Å². The molecule has 2 aromatic rings. The van der Waals surface area contributed by atoms with Gasteiger partial charge < -0.3 is 20.6 Å². The number of fused-ring (bicyclic) bond motifs is 1. The normalized spacial score (nSPS) is 11.8. The smallest absolute Gasteiger partial charge is 0.107 e. The van der Waals surface area contributed by atoms with Crippen molar-refractivity contribution in [3.05, 3.63) is 36.0 Å². The average Bonchev–Trinajstić information content (AvgIpc) is 2.44. The standard InChI is InChI=1S/C14H18N2O3/c1-10-6-13(16-14(7-17,8-18)9-19)11-4-2-3-5-12(11)15-10/h2-6,17-19H,7-9H2,1H3,(H,15,16). The first-order valence-electron chi connectivity index (χ1n) is 6.11. The maximum Gasteiger partial charge on any atom is 0.107 e. The van der Waals surface area contributed by atoms with E-state index in [4.69, 9.17) is 0 Å². The number of aromatic nitrogens is 1. The van der Waals surface area contributed by atoms with E-state index >= 15 is 0 Å². The van der Waals surface area contributed by atoms with Crippen molar-refractivity contribution in [2.24, 2.45) is 0 Å². The Morgan fingerprint density at radius 3 is 2.37 bits per heavy atom. The van der Waals surface area contributed by atoms with E-state index in [1.165, 1.54) is 0 Å². The van der Waals surface area contributed by atoms with Gasteiger partial charge in [0, 0.05) is 16.8 Å². The summed E-state index contributed by atoms with van der Waals surface area (Å²) in [4.78, 5) is 4.42. The zero-order valence-corrected chi connectivity index (χ0v) is 10.8. The van der Waals surface area contributed by atoms with Gasteiger partial charge in [0.2, 0.25) is 0 Å². The fourth-order valence-electron chi connectivity index (χ4n) is 1.97. The lowest BCUT2D eigenvalue weighted by Crippen LogP contribution is -2.49. The summed E-state index contributed by atoms with van der Waals surface area (Å²) >= 11 is 0. The molecule has 0 radical (unpaired) electrons. The van der Waals surface area contributed by atoms with Crippen LogP contribution in [0.4, 0.5) is 5.69 Å². The number of aliphatic hydroxyl groups excluding tert-OH is 3. The monoisotopic (exact) mass is 262 g/mol. The first-order valence-corrected chi connectivity index (χ1v) is 6.11. The number of anilines is 1. The second kappa shape index (κ2) is 5.52. The fourth-order valence-corrected chi connectivity index (χ4v) is 1.97. The Kier molecular flexibility index (Phi) is 3.99. The van der Waals surface area contributed by atoms with Gasteiger partial charge in [0.25, 0.3) is 0 Å². The Labute approximate surface area is 111 Å². The van der Waals surface area contributed by atoms with Crippen LogP contribution < -0.4 is 5.32 Å². The first-order chi connectivity index (χ1) is 9.14. The van der Waals surface area contributed by atoms with Crippen molar-refractivity contribution in [3.63, 3.8) is 0 Å². The molecular weight excluding hydrogens is 244 g/mol. The van der Waals surface area contributed by atoms with Gasteiger partial charge in [-0.1, -0.05) is 18.2 Å². The molecule has 5 heteroatoms. The van der Waals surface area contributed by atoms with E-state index in [0.29, 0.717) is 0 Å². The summed E-state index contributed by atoms with van der Waals surface area (Å²) in [6.45, 7) is 0.775. The highest BCUT2D eigenvalue weighted by Crippen LogP contribution is 2.25. The molecule has 0 amide bonds. The van der Waals surface area contributed by atoms with Gasteiger partial charge in [-0.15, -0.1) is 0 Å². The predicted octanol–water partition coefficient (Wildman–Crippen LogP) is 0.671. The first kappa shape index (κ1) is 13.7. The molecule has 1 heterocycles. The summed E-state index contributed by atoms with van der Waals surface area (Å²) in [7, 11) is 0. The molecule has 0 aliphatic carbocycles. The van der Waals surface area contributed by atoms with Gasteiger partial charge in [0.05, 0.1) is 25.3 Å². The van der Waals surface area contributed by atoms with Crippen LogP contribution in [0.2, 0.25) is 0 Å². The molecule has 102 valence electrons. The molecule has 2 rings (SSSR count).